The van der Waals surface area contributed by atoms with Gasteiger partial charge in [-0.2, -0.15) is 5.10 Å². The van der Waals surface area contributed by atoms with Crippen molar-refractivity contribution in [1.82, 2.24) is 14.8 Å². The van der Waals surface area contributed by atoms with Crippen LogP contribution in [0.5, 0.6) is 0 Å². The van der Waals surface area contributed by atoms with E-state index in [9.17, 15) is 0 Å². The Morgan fingerprint density at radius 1 is 1.33 bits per heavy atom. The minimum atomic E-state index is 0.357. The first-order valence-electron chi connectivity index (χ1n) is 4.61. The fourth-order valence-corrected chi connectivity index (χ4v) is 1.50. The van der Waals surface area contributed by atoms with Gasteiger partial charge in [-0.25, -0.2) is 9.67 Å². The molecule has 0 saturated heterocycles. The van der Waals surface area contributed by atoms with Gasteiger partial charge in [0.05, 0.1) is 13.1 Å². The molecule has 0 aliphatic rings. The molecular formula is C10H11ClN4. The molecule has 2 aromatic rings. The van der Waals surface area contributed by atoms with Crippen molar-refractivity contribution >= 4 is 11.6 Å². The van der Waals surface area contributed by atoms with Gasteiger partial charge >= 0.3 is 0 Å². The summed E-state index contributed by atoms with van der Waals surface area (Å²) in [5.41, 5.74) is 6.44. The number of nitrogens with zero attached hydrogens (tertiary/aromatic N) is 3. The lowest BCUT2D eigenvalue weighted by Gasteiger charge is -2.02. The Labute approximate surface area is 92.7 Å². The average Bonchev–Trinajstić information content (AvgIpc) is 2.69. The molecule has 78 valence electrons. The van der Waals surface area contributed by atoms with Crippen LogP contribution in [0.2, 0.25) is 5.02 Å². The van der Waals surface area contributed by atoms with Gasteiger partial charge in [0.2, 0.25) is 0 Å². The first-order valence-corrected chi connectivity index (χ1v) is 4.99. The van der Waals surface area contributed by atoms with E-state index in [0.29, 0.717) is 18.9 Å². The van der Waals surface area contributed by atoms with Gasteiger partial charge in [0.1, 0.15) is 6.33 Å². The summed E-state index contributed by atoms with van der Waals surface area (Å²) in [7, 11) is 0. The third kappa shape index (κ3) is 2.34. The van der Waals surface area contributed by atoms with Crippen LogP contribution in [0.15, 0.2) is 30.6 Å². The van der Waals surface area contributed by atoms with Crippen molar-refractivity contribution < 1.29 is 0 Å². The van der Waals surface area contributed by atoms with Crippen LogP contribution in [0.4, 0.5) is 0 Å². The molecule has 0 fully saturated rings. The molecule has 0 unspecified atom stereocenters. The normalized spacial score (nSPS) is 10.5. The largest absolute Gasteiger partial charge is 0.324 e. The van der Waals surface area contributed by atoms with Gasteiger partial charge in [-0.1, -0.05) is 29.8 Å². The predicted molar refractivity (Wildman–Crippen MR) is 58.5 cm³/mol. The number of aromatic nitrogens is 3. The standard InChI is InChI=1S/C10H11ClN4/c11-9-4-2-1-3-8(9)6-15-7-13-10(5-12)14-15/h1-4,7H,5-6,12H2. The monoisotopic (exact) mass is 222 g/mol. The molecule has 2 rings (SSSR count). The highest BCUT2D eigenvalue weighted by Crippen LogP contribution is 2.15. The van der Waals surface area contributed by atoms with Crippen LogP contribution in [0.25, 0.3) is 0 Å². The van der Waals surface area contributed by atoms with E-state index in [-0.39, 0.29) is 0 Å². The van der Waals surface area contributed by atoms with Crippen LogP contribution in [0, 0.1) is 0 Å². The number of rotatable bonds is 3. The SMILES string of the molecule is NCc1ncn(Cc2ccccc2Cl)n1. The average molecular weight is 223 g/mol. The van der Waals surface area contributed by atoms with E-state index in [1.165, 1.54) is 0 Å². The summed E-state index contributed by atoms with van der Waals surface area (Å²) in [6, 6.07) is 7.67. The summed E-state index contributed by atoms with van der Waals surface area (Å²) in [5.74, 6) is 0.641. The first kappa shape index (κ1) is 10.1. The lowest BCUT2D eigenvalue weighted by Crippen LogP contribution is -2.03. The van der Waals surface area contributed by atoms with Crippen molar-refractivity contribution in [3.05, 3.63) is 47.0 Å². The van der Waals surface area contributed by atoms with Crippen LogP contribution in [0.3, 0.4) is 0 Å². The summed E-state index contributed by atoms with van der Waals surface area (Å²) >= 11 is 6.03. The van der Waals surface area contributed by atoms with Gasteiger partial charge in [0, 0.05) is 5.02 Å². The van der Waals surface area contributed by atoms with Gasteiger partial charge in [0.15, 0.2) is 5.82 Å². The minimum Gasteiger partial charge on any atom is -0.324 e. The Balaban J connectivity index is 2.18. The van der Waals surface area contributed by atoms with E-state index < -0.39 is 0 Å². The summed E-state index contributed by atoms with van der Waals surface area (Å²) in [5, 5.41) is 4.93. The number of benzene rings is 1. The molecule has 0 amide bonds. The molecule has 0 atom stereocenters. The molecule has 2 N–H and O–H groups in total. The van der Waals surface area contributed by atoms with Gasteiger partial charge < -0.3 is 5.73 Å². The fraction of sp³-hybridized carbons (Fsp3) is 0.200. The smallest absolute Gasteiger partial charge is 0.164 e. The van der Waals surface area contributed by atoms with Crippen LogP contribution < -0.4 is 5.73 Å². The molecule has 15 heavy (non-hydrogen) atoms. The Kier molecular flexibility index (Phi) is 2.99. The Morgan fingerprint density at radius 2 is 2.13 bits per heavy atom. The van der Waals surface area contributed by atoms with Crippen molar-refractivity contribution in [1.29, 1.82) is 0 Å². The quantitative estimate of drug-likeness (QED) is 0.855. The Morgan fingerprint density at radius 3 is 2.80 bits per heavy atom. The molecule has 0 saturated carbocycles. The van der Waals surface area contributed by atoms with E-state index in [1.54, 1.807) is 11.0 Å². The molecule has 0 aliphatic carbocycles. The van der Waals surface area contributed by atoms with Crippen LogP contribution in [0.1, 0.15) is 11.4 Å². The van der Waals surface area contributed by atoms with Crippen molar-refractivity contribution in [2.75, 3.05) is 0 Å². The van der Waals surface area contributed by atoms with E-state index in [2.05, 4.69) is 10.1 Å². The van der Waals surface area contributed by atoms with Crippen LogP contribution >= 0.6 is 11.6 Å². The zero-order chi connectivity index (χ0) is 10.7. The molecule has 1 aromatic carbocycles. The Hall–Kier alpha value is -1.39. The van der Waals surface area contributed by atoms with E-state index in [4.69, 9.17) is 17.3 Å². The molecule has 0 radical (unpaired) electrons. The zero-order valence-electron chi connectivity index (χ0n) is 8.10. The Bertz CT molecular complexity index is 452. The van der Waals surface area contributed by atoms with Crippen molar-refractivity contribution in [2.45, 2.75) is 13.1 Å². The number of hydrogen-bond acceptors (Lipinski definition) is 3. The van der Waals surface area contributed by atoms with Gasteiger partial charge in [-0.05, 0) is 11.6 Å². The minimum absolute atomic E-state index is 0.357. The van der Waals surface area contributed by atoms with Crippen LogP contribution in [-0.4, -0.2) is 14.8 Å². The highest BCUT2D eigenvalue weighted by Gasteiger charge is 2.02. The zero-order valence-corrected chi connectivity index (χ0v) is 8.85. The first-order chi connectivity index (χ1) is 7.29. The maximum atomic E-state index is 6.03. The second-order valence-corrected chi connectivity index (χ2v) is 3.56. The van der Waals surface area contributed by atoms with Crippen molar-refractivity contribution in [3.63, 3.8) is 0 Å². The molecule has 0 aliphatic heterocycles. The van der Waals surface area contributed by atoms with E-state index >= 15 is 0 Å². The van der Waals surface area contributed by atoms with Crippen molar-refractivity contribution in [3.8, 4) is 0 Å². The second kappa shape index (κ2) is 4.42. The predicted octanol–water partition coefficient (Wildman–Crippen LogP) is 1.44. The highest BCUT2D eigenvalue weighted by atomic mass is 35.5. The third-order valence-corrected chi connectivity index (χ3v) is 2.43. The molecule has 0 bridgehead atoms. The molecular weight excluding hydrogens is 212 g/mol. The molecule has 4 nitrogen and oxygen atoms in total. The van der Waals surface area contributed by atoms with Gasteiger partial charge in [0.25, 0.3) is 0 Å². The summed E-state index contributed by atoms with van der Waals surface area (Å²) < 4.78 is 1.73. The highest BCUT2D eigenvalue weighted by molar-refractivity contribution is 6.31. The molecule has 1 heterocycles. The van der Waals surface area contributed by atoms with Gasteiger partial charge in [-0.3, -0.25) is 0 Å². The molecule has 1 aromatic heterocycles. The number of nitrogens with two attached hydrogens (primary N) is 1. The van der Waals surface area contributed by atoms with Gasteiger partial charge in [-0.15, -0.1) is 0 Å². The van der Waals surface area contributed by atoms with E-state index in [0.717, 1.165) is 10.6 Å². The molecule has 5 heteroatoms. The van der Waals surface area contributed by atoms with Crippen molar-refractivity contribution in [2.24, 2.45) is 5.73 Å². The lowest BCUT2D eigenvalue weighted by molar-refractivity contribution is 0.672. The summed E-state index contributed by atoms with van der Waals surface area (Å²) in [6.07, 6.45) is 1.66. The molecule has 0 spiro atoms. The topological polar surface area (TPSA) is 56.7 Å². The number of hydrogen-bond donors (Lipinski definition) is 1. The number of halogens is 1. The second-order valence-electron chi connectivity index (χ2n) is 3.15. The maximum absolute atomic E-state index is 6.03. The summed E-state index contributed by atoms with van der Waals surface area (Å²) in [6.45, 7) is 0.974. The van der Waals surface area contributed by atoms with E-state index in [1.807, 2.05) is 24.3 Å². The third-order valence-electron chi connectivity index (χ3n) is 2.06. The summed E-state index contributed by atoms with van der Waals surface area (Å²) in [4.78, 5) is 4.04. The maximum Gasteiger partial charge on any atom is 0.164 e. The fourth-order valence-electron chi connectivity index (χ4n) is 1.30. The lowest BCUT2D eigenvalue weighted by atomic mass is 10.2. The van der Waals surface area contributed by atoms with Crippen LogP contribution in [-0.2, 0) is 13.1 Å².